The van der Waals surface area contributed by atoms with E-state index in [-0.39, 0.29) is 6.03 Å². The lowest BCUT2D eigenvalue weighted by molar-refractivity contribution is 0.251. The highest BCUT2D eigenvalue weighted by molar-refractivity contribution is 5.89. The average molecular weight is 262 g/mol. The number of rotatable bonds is 8. The predicted octanol–water partition coefficient (Wildman–Crippen LogP) is 4.41. The van der Waals surface area contributed by atoms with Crippen LogP contribution in [0.2, 0.25) is 0 Å². The van der Waals surface area contributed by atoms with Crippen molar-refractivity contribution in [2.45, 2.75) is 46.0 Å². The normalized spacial score (nSPS) is 10.5. The van der Waals surface area contributed by atoms with E-state index < -0.39 is 0 Å². The van der Waals surface area contributed by atoms with Gasteiger partial charge in [-0.3, -0.25) is 0 Å². The lowest BCUT2D eigenvalue weighted by atomic mass is 9.95. The maximum absolute atomic E-state index is 11.7. The van der Waals surface area contributed by atoms with Crippen LogP contribution in [0.1, 0.15) is 46.0 Å². The third-order valence-corrected chi connectivity index (χ3v) is 3.26. The van der Waals surface area contributed by atoms with Crippen molar-refractivity contribution in [3.05, 3.63) is 30.3 Å². The highest BCUT2D eigenvalue weighted by Gasteiger charge is 2.07. The summed E-state index contributed by atoms with van der Waals surface area (Å²) < 4.78 is 0. The summed E-state index contributed by atoms with van der Waals surface area (Å²) in [7, 11) is 0. The van der Waals surface area contributed by atoms with Crippen molar-refractivity contribution in [3.63, 3.8) is 0 Å². The Morgan fingerprint density at radius 1 is 1.05 bits per heavy atom. The Kier molecular flexibility index (Phi) is 7.71. The molecule has 3 nitrogen and oxygen atoms in total. The number of hydrogen-bond donors (Lipinski definition) is 2. The molecule has 0 saturated heterocycles. The Bertz CT molecular complexity index is 345. The zero-order valence-corrected chi connectivity index (χ0v) is 12.1. The molecule has 0 aliphatic carbocycles. The van der Waals surface area contributed by atoms with Gasteiger partial charge in [0.25, 0.3) is 0 Å². The van der Waals surface area contributed by atoms with Crippen LogP contribution >= 0.6 is 0 Å². The number of amides is 2. The summed E-state index contributed by atoms with van der Waals surface area (Å²) in [6.07, 6.45) is 6.04. The molecule has 2 amide bonds. The number of para-hydroxylation sites is 1. The van der Waals surface area contributed by atoms with Crippen molar-refractivity contribution in [3.8, 4) is 0 Å². The van der Waals surface area contributed by atoms with Gasteiger partial charge < -0.3 is 10.6 Å². The molecule has 0 atom stereocenters. The van der Waals surface area contributed by atoms with Gasteiger partial charge in [-0.25, -0.2) is 4.79 Å². The molecule has 0 bridgehead atoms. The number of urea groups is 1. The molecule has 0 unspecified atom stereocenters. The molecule has 2 N–H and O–H groups in total. The maximum atomic E-state index is 11.7. The molecular formula is C16H26N2O. The SMILES string of the molecule is CCCC(CCC)CCNC(=O)Nc1ccccc1. The first-order chi connectivity index (χ1) is 9.26. The van der Waals surface area contributed by atoms with Crippen molar-refractivity contribution in [1.29, 1.82) is 0 Å². The minimum absolute atomic E-state index is 0.113. The van der Waals surface area contributed by atoms with Gasteiger partial charge in [0.15, 0.2) is 0 Å². The second kappa shape index (κ2) is 9.42. The zero-order chi connectivity index (χ0) is 13.9. The minimum Gasteiger partial charge on any atom is -0.338 e. The molecule has 0 aliphatic heterocycles. The lowest BCUT2D eigenvalue weighted by Gasteiger charge is -2.15. The monoisotopic (exact) mass is 262 g/mol. The fourth-order valence-corrected chi connectivity index (χ4v) is 2.34. The largest absolute Gasteiger partial charge is 0.338 e. The lowest BCUT2D eigenvalue weighted by Crippen LogP contribution is -2.30. The van der Waals surface area contributed by atoms with E-state index in [0.29, 0.717) is 0 Å². The van der Waals surface area contributed by atoms with Crippen LogP contribution in [-0.2, 0) is 0 Å². The van der Waals surface area contributed by atoms with E-state index in [1.807, 2.05) is 30.3 Å². The van der Waals surface area contributed by atoms with Gasteiger partial charge in [-0.05, 0) is 24.5 Å². The van der Waals surface area contributed by atoms with Crippen LogP contribution in [0.25, 0.3) is 0 Å². The summed E-state index contributed by atoms with van der Waals surface area (Å²) in [4.78, 5) is 11.7. The maximum Gasteiger partial charge on any atom is 0.319 e. The van der Waals surface area contributed by atoms with Crippen LogP contribution in [0.5, 0.6) is 0 Å². The van der Waals surface area contributed by atoms with Gasteiger partial charge in [-0.15, -0.1) is 0 Å². The van der Waals surface area contributed by atoms with Gasteiger partial charge >= 0.3 is 6.03 Å². The third-order valence-electron chi connectivity index (χ3n) is 3.26. The Morgan fingerprint density at radius 3 is 2.26 bits per heavy atom. The fraction of sp³-hybridized carbons (Fsp3) is 0.562. The van der Waals surface area contributed by atoms with E-state index >= 15 is 0 Å². The van der Waals surface area contributed by atoms with Crippen molar-refractivity contribution >= 4 is 11.7 Å². The highest BCUT2D eigenvalue weighted by Crippen LogP contribution is 2.16. The van der Waals surface area contributed by atoms with Gasteiger partial charge in [0, 0.05) is 12.2 Å². The number of nitrogens with one attached hydrogen (secondary N) is 2. The summed E-state index contributed by atoms with van der Waals surface area (Å²) in [6.45, 7) is 5.19. The number of benzene rings is 1. The Hall–Kier alpha value is -1.51. The molecule has 0 spiro atoms. The quantitative estimate of drug-likeness (QED) is 0.715. The summed E-state index contributed by atoms with van der Waals surface area (Å²) in [5.74, 6) is 0.743. The van der Waals surface area contributed by atoms with Crippen LogP contribution in [0.3, 0.4) is 0 Å². The summed E-state index contributed by atoms with van der Waals surface area (Å²) in [6, 6.07) is 9.41. The van der Waals surface area contributed by atoms with Crippen molar-refractivity contribution in [2.24, 2.45) is 5.92 Å². The first kappa shape index (κ1) is 15.5. The smallest absolute Gasteiger partial charge is 0.319 e. The Labute approximate surface area is 116 Å². The van der Waals surface area contributed by atoms with Gasteiger partial charge in [0.05, 0.1) is 0 Å². The van der Waals surface area contributed by atoms with E-state index in [0.717, 1.165) is 24.6 Å². The van der Waals surface area contributed by atoms with E-state index in [4.69, 9.17) is 0 Å². The van der Waals surface area contributed by atoms with Gasteiger partial charge in [-0.2, -0.15) is 0 Å². The molecule has 3 heteroatoms. The summed E-state index contributed by atoms with van der Waals surface area (Å²) in [5.41, 5.74) is 0.832. The van der Waals surface area contributed by atoms with E-state index in [2.05, 4.69) is 24.5 Å². The molecule has 1 aromatic rings. The molecule has 0 fully saturated rings. The third kappa shape index (κ3) is 6.85. The molecule has 1 aromatic carbocycles. The number of carbonyl (C=O) groups excluding carboxylic acids is 1. The molecule has 106 valence electrons. The van der Waals surface area contributed by atoms with Crippen molar-refractivity contribution in [2.75, 3.05) is 11.9 Å². The molecule has 1 rings (SSSR count). The first-order valence-corrected chi connectivity index (χ1v) is 7.36. The predicted molar refractivity (Wildman–Crippen MR) is 81.4 cm³/mol. The van der Waals surface area contributed by atoms with Gasteiger partial charge in [0.1, 0.15) is 0 Å². The van der Waals surface area contributed by atoms with Gasteiger partial charge in [-0.1, -0.05) is 57.7 Å². The second-order valence-corrected chi connectivity index (χ2v) is 4.98. The molecule has 0 radical (unpaired) electrons. The molecule has 0 aliphatic rings. The van der Waals surface area contributed by atoms with E-state index in [9.17, 15) is 4.79 Å². The van der Waals surface area contributed by atoms with Crippen molar-refractivity contribution in [1.82, 2.24) is 5.32 Å². The van der Waals surface area contributed by atoms with Crippen LogP contribution in [0, 0.1) is 5.92 Å². The average Bonchev–Trinajstić information content (AvgIpc) is 2.40. The van der Waals surface area contributed by atoms with Crippen LogP contribution in [0.4, 0.5) is 10.5 Å². The topological polar surface area (TPSA) is 41.1 Å². The molecule has 0 heterocycles. The zero-order valence-electron chi connectivity index (χ0n) is 12.1. The van der Waals surface area contributed by atoms with E-state index in [1.54, 1.807) is 0 Å². The number of anilines is 1. The summed E-state index contributed by atoms with van der Waals surface area (Å²) in [5, 5.41) is 5.76. The summed E-state index contributed by atoms with van der Waals surface area (Å²) >= 11 is 0. The Morgan fingerprint density at radius 2 is 1.68 bits per heavy atom. The van der Waals surface area contributed by atoms with Crippen LogP contribution < -0.4 is 10.6 Å². The number of hydrogen-bond acceptors (Lipinski definition) is 1. The van der Waals surface area contributed by atoms with Crippen LogP contribution in [-0.4, -0.2) is 12.6 Å². The fourth-order valence-electron chi connectivity index (χ4n) is 2.34. The Balaban J connectivity index is 2.22. The first-order valence-electron chi connectivity index (χ1n) is 7.36. The number of carbonyl (C=O) groups is 1. The van der Waals surface area contributed by atoms with Gasteiger partial charge in [0.2, 0.25) is 0 Å². The molecule has 0 aromatic heterocycles. The van der Waals surface area contributed by atoms with E-state index in [1.165, 1.54) is 25.7 Å². The standard InChI is InChI=1S/C16H26N2O/c1-3-8-14(9-4-2)12-13-17-16(19)18-15-10-6-5-7-11-15/h5-7,10-11,14H,3-4,8-9,12-13H2,1-2H3,(H2,17,18,19). The second-order valence-electron chi connectivity index (χ2n) is 4.98. The van der Waals surface area contributed by atoms with Crippen LogP contribution in [0.15, 0.2) is 30.3 Å². The molecule has 19 heavy (non-hydrogen) atoms. The van der Waals surface area contributed by atoms with Crippen molar-refractivity contribution < 1.29 is 4.79 Å². The molecular weight excluding hydrogens is 236 g/mol. The molecule has 0 saturated carbocycles. The minimum atomic E-state index is -0.113. The highest BCUT2D eigenvalue weighted by atomic mass is 16.2.